The van der Waals surface area contributed by atoms with Crippen LogP contribution in [0.25, 0.3) is 0 Å². The Hall–Kier alpha value is -2.25. The average molecular weight is 390 g/mol. The maximum absolute atomic E-state index is 13.2. The van der Waals surface area contributed by atoms with E-state index in [2.05, 4.69) is 5.32 Å². The SMILES string of the molecule is NS(=O)(=O)c1ccc(CCNC(=O)C2(c3ccc(F)cc3)CCCC2)cc1. The van der Waals surface area contributed by atoms with Crippen LogP contribution in [0, 0.1) is 5.82 Å². The smallest absolute Gasteiger partial charge is 0.238 e. The first-order valence-electron chi connectivity index (χ1n) is 8.97. The van der Waals surface area contributed by atoms with E-state index in [0.717, 1.165) is 36.8 Å². The maximum atomic E-state index is 13.2. The first-order valence-corrected chi connectivity index (χ1v) is 10.5. The summed E-state index contributed by atoms with van der Waals surface area (Å²) in [4.78, 5) is 13.0. The second kappa shape index (κ2) is 7.78. The molecule has 144 valence electrons. The summed E-state index contributed by atoms with van der Waals surface area (Å²) in [6, 6.07) is 12.5. The van der Waals surface area contributed by atoms with Gasteiger partial charge in [-0.2, -0.15) is 0 Å². The Morgan fingerprint density at radius 3 is 2.19 bits per heavy atom. The third kappa shape index (κ3) is 4.36. The van der Waals surface area contributed by atoms with Crippen LogP contribution in [0.5, 0.6) is 0 Å². The number of nitrogens with two attached hydrogens (primary N) is 1. The Morgan fingerprint density at radius 2 is 1.63 bits per heavy atom. The topological polar surface area (TPSA) is 89.3 Å². The number of nitrogens with one attached hydrogen (secondary N) is 1. The molecule has 0 heterocycles. The minimum absolute atomic E-state index is 0.0345. The van der Waals surface area contributed by atoms with Crippen molar-refractivity contribution in [2.75, 3.05) is 6.54 Å². The molecular weight excluding hydrogens is 367 g/mol. The molecule has 1 amide bonds. The predicted molar refractivity (Wildman–Crippen MR) is 101 cm³/mol. The first kappa shape index (κ1) is 19.5. The minimum Gasteiger partial charge on any atom is -0.355 e. The summed E-state index contributed by atoms with van der Waals surface area (Å²) >= 11 is 0. The molecule has 0 bridgehead atoms. The van der Waals surface area contributed by atoms with E-state index in [9.17, 15) is 17.6 Å². The van der Waals surface area contributed by atoms with Crippen molar-refractivity contribution in [1.82, 2.24) is 5.32 Å². The molecule has 3 N–H and O–H groups in total. The quantitative estimate of drug-likeness (QED) is 0.795. The number of hydrogen-bond acceptors (Lipinski definition) is 3. The van der Waals surface area contributed by atoms with E-state index in [1.165, 1.54) is 24.3 Å². The summed E-state index contributed by atoms with van der Waals surface area (Å²) in [5, 5.41) is 8.08. The molecule has 1 aliphatic rings. The Morgan fingerprint density at radius 1 is 1.04 bits per heavy atom. The van der Waals surface area contributed by atoms with Crippen LogP contribution in [-0.4, -0.2) is 20.9 Å². The zero-order valence-corrected chi connectivity index (χ0v) is 15.8. The highest BCUT2D eigenvalue weighted by molar-refractivity contribution is 7.89. The van der Waals surface area contributed by atoms with Crippen molar-refractivity contribution in [2.45, 2.75) is 42.4 Å². The van der Waals surface area contributed by atoms with Crippen LogP contribution in [0.1, 0.15) is 36.8 Å². The minimum atomic E-state index is -3.70. The van der Waals surface area contributed by atoms with Crippen LogP contribution in [0.4, 0.5) is 4.39 Å². The molecule has 0 aliphatic heterocycles. The van der Waals surface area contributed by atoms with Gasteiger partial charge in [0.25, 0.3) is 0 Å². The van der Waals surface area contributed by atoms with Crippen LogP contribution in [0.15, 0.2) is 53.4 Å². The van der Waals surface area contributed by atoms with E-state index in [1.54, 1.807) is 24.3 Å². The zero-order chi connectivity index (χ0) is 19.5. The lowest BCUT2D eigenvalue weighted by Crippen LogP contribution is -2.43. The molecule has 0 saturated heterocycles. The number of halogens is 1. The summed E-state index contributed by atoms with van der Waals surface area (Å²) in [7, 11) is -3.70. The van der Waals surface area contributed by atoms with Gasteiger partial charge in [-0.1, -0.05) is 37.1 Å². The van der Waals surface area contributed by atoms with Crippen LogP contribution in [0.2, 0.25) is 0 Å². The molecule has 0 spiro atoms. The molecule has 1 aliphatic carbocycles. The van der Waals surface area contributed by atoms with Crippen molar-refractivity contribution >= 4 is 15.9 Å². The largest absolute Gasteiger partial charge is 0.355 e. The Balaban J connectivity index is 1.64. The molecular formula is C20H23FN2O3S. The summed E-state index contributed by atoms with van der Waals surface area (Å²) in [5.74, 6) is -0.344. The van der Waals surface area contributed by atoms with E-state index in [0.29, 0.717) is 13.0 Å². The van der Waals surface area contributed by atoms with E-state index < -0.39 is 15.4 Å². The lowest BCUT2D eigenvalue weighted by atomic mass is 9.78. The monoisotopic (exact) mass is 390 g/mol. The number of rotatable bonds is 6. The summed E-state index contributed by atoms with van der Waals surface area (Å²) in [6.45, 7) is 0.441. The number of sulfonamides is 1. The summed E-state index contributed by atoms with van der Waals surface area (Å²) in [5.41, 5.74) is 1.17. The highest BCUT2D eigenvalue weighted by atomic mass is 32.2. The van der Waals surface area contributed by atoms with Gasteiger partial charge in [0.1, 0.15) is 5.82 Å². The van der Waals surface area contributed by atoms with Crippen LogP contribution >= 0.6 is 0 Å². The van der Waals surface area contributed by atoms with Gasteiger partial charge in [-0.15, -0.1) is 0 Å². The number of hydrogen-bond donors (Lipinski definition) is 2. The van der Waals surface area contributed by atoms with Gasteiger partial charge in [0.15, 0.2) is 0 Å². The summed E-state index contributed by atoms with van der Waals surface area (Å²) in [6.07, 6.45) is 4.04. The van der Waals surface area contributed by atoms with Crippen molar-refractivity contribution in [3.05, 3.63) is 65.5 Å². The normalized spacial score (nSPS) is 16.2. The fraction of sp³-hybridized carbons (Fsp3) is 0.350. The van der Waals surface area contributed by atoms with Crippen molar-refractivity contribution < 1.29 is 17.6 Å². The van der Waals surface area contributed by atoms with Crippen molar-refractivity contribution in [2.24, 2.45) is 5.14 Å². The fourth-order valence-electron chi connectivity index (χ4n) is 3.73. The fourth-order valence-corrected chi connectivity index (χ4v) is 4.25. The predicted octanol–water partition coefficient (Wildman–Crippen LogP) is 2.64. The van der Waals surface area contributed by atoms with Gasteiger partial charge in [-0.3, -0.25) is 4.79 Å². The third-order valence-electron chi connectivity index (χ3n) is 5.24. The van der Waals surface area contributed by atoms with Crippen LogP contribution in [0.3, 0.4) is 0 Å². The number of carbonyl (C=O) groups is 1. The molecule has 0 atom stereocenters. The lowest BCUT2D eigenvalue weighted by Gasteiger charge is -2.28. The first-order chi connectivity index (χ1) is 12.8. The van der Waals surface area contributed by atoms with Gasteiger partial charge < -0.3 is 5.32 Å². The maximum Gasteiger partial charge on any atom is 0.238 e. The zero-order valence-electron chi connectivity index (χ0n) is 14.9. The van der Waals surface area contributed by atoms with Crippen LogP contribution in [-0.2, 0) is 26.7 Å². The number of primary sulfonamides is 1. The molecule has 7 heteroatoms. The molecule has 27 heavy (non-hydrogen) atoms. The molecule has 0 unspecified atom stereocenters. The van der Waals surface area contributed by atoms with Crippen molar-refractivity contribution in [1.29, 1.82) is 0 Å². The molecule has 0 aromatic heterocycles. The third-order valence-corrected chi connectivity index (χ3v) is 6.17. The molecule has 2 aromatic rings. The second-order valence-electron chi connectivity index (χ2n) is 6.99. The van der Waals surface area contributed by atoms with Gasteiger partial charge in [-0.05, 0) is 54.7 Å². The second-order valence-corrected chi connectivity index (χ2v) is 8.55. The Kier molecular flexibility index (Phi) is 5.62. The highest BCUT2D eigenvalue weighted by Gasteiger charge is 2.42. The molecule has 2 aromatic carbocycles. The standard InChI is InChI=1S/C20H23FN2O3S/c21-17-7-5-16(6-8-17)20(12-1-2-13-20)19(24)23-14-11-15-3-9-18(10-4-15)27(22,25)26/h3-10H,1-2,11-14H2,(H,23,24)(H2,22,25,26). The van der Waals surface area contributed by atoms with Gasteiger partial charge in [0.05, 0.1) is 10.3 Å². The van der Waals surface area contributed by atoms with Crippen molar-refractivity contribution in [3.8, 4) is 0 Å². The number of amides is 1. The molecule has 1 saturated carbocycles. The van der Waals surface area contributed by atoms with E-state index in [-0.39, 0.29) is 16.6 Å². The van der Waals surface area contributed by atoms with E-state index >= 15 is 0 Å². The lowest BCUT2D eigenvalue weighted by molar-refractivity contribution is -0.126. The highest BCUT2D eigenvalue weighted by Crippen LogP contribution is 2.41. The Labute approximate surface area is 158 Å². The van der Waals surface area contributed by atoms with Gasteiger partial charge >= 0.3 is 0 Å². The number of benzene rings is 2. The molecule has 5 nitrogen and oxygen atoms in total. The molecule has 0 radical (unpaired) electrons. The van der Waals surface area contributed by atoms with Crippen molar-refractivity contribution in [3.63, 3.8) is 0 Å². The van der Waals surface area contributed by atoms with Gasteiger partial charge in [0, 0.05) is 6.54 Å². The molecule has 3 rings (SSSR count). The molecule has 1 fully saturated rings. The van der Waals surface area contributed by atoms with Crippen LogP contribution < -0.4 is 10.5 Å². The van der Waals surface area contributed by atoms with E-state index in [1.807, 2.05) is 0 Å². The summed E-state index contributed by atoms with van der Waals surface area (Å²) < 4.78 is 35.8. The van der Waals surface area contributed by atoms with Gasteiger partial charge in [0.2, 0.25) is 15.9 Å². The van der Waals surface area contributed by atoms with E-state index in [4.69, 9.17) is 5.14 Å². The Bertz CT molecular complexity index is 903. The number of carbonyl (C=O) groups excluding carboxylic acids is 1. The van der Waals surface area contributed by atoms with Gasteiger partial charge in [-0.25, -0.2) is 17.9 Å². The average Bonchev–Trinajstić information content (AvgIpc) is 3.13.